The maximum atomic E-state index is 13.4. The summed E-state index contributed by atoms with van der Waals surface area (Å²) in [4.78, 5) is 32.1. The summed E-state index contributed by atoms with van der Waals surface area (Å²) >= 11 is 0. The van der Waals surface area contributed by atoms with E-state index < -0.39 is 23.3 Å². The first-order chi connectivity index (χ1) is 18.9. The van der Waals surface area contributed by atoms with Crippen molar-refractivity contribution in [3.8, 4) is 5.75 Å². The van der Waals surface area contributed by atoms with Gasteiger partial charge in [-0.05, 0) is 63.3 Å². The minimum Gasteiger partial charge on any atom is -0.497 e. The molecule has 0 aliphatic carbocycles. The van der Waals surface area contributed by atoms with Crippen LogP contribution in [0.1, 0.15) is 44.7 Å². The second-order valence-electron chi connectivity index (χ2n) is 10.9. The number of hydrogen-bond donors (Lipinski definition) is 4. The van der Waals surface area contributed by atoms with E-state index in [0.29, 0.717) is 18.0 Å². The lowest BCUT2D eigenvalue weighted by molar-refractivity contribution is -0.135. The van der Waals surface area contributed by atoms with Crippen molar-refractivity contribution in [2.75, 3.05) is 26.5 Å². The van der Waals surface area contributed by atoms with E-state index in [9.17, 15) is 14.7 Å². The first-order valence-corrected chi connectivity index (χ1v) is 13.4. The lowest BCUT2D eigenvalue weighted by Crippen LogP contribution is -2.56. The Morgan fingerprint density at radius 3 is 2.33 bits per heavy atom. The van der Waals surface area contributed by atoms with Gasteiger partial charge in [-0.25, -0.2) is 4.98 Å². The number of aliphatic hydroxyl groups excluding tert-OH is 1. The minimum absolute atomic E-state index is 0.154. The van der Waals surface area contributed by atoms with Crippen LogP contribution in [-0.2, 0) is 21.5 Å². The van der Waals surface area contributed by atoms with Crippen molar-refractivity contribution in [3.63, 3.8) is 0 Å². The quantitative estimate of drug-likeness (QED) is 0.240. The molecule has 0 radical (unpaired) electrons. The van der Waals surface area contributed by atoms with Gasteiger partial charge >= 0.3 is 0 Å². The molecule has 0 fully saturated rings. The molecule has 0 saturated carbocycles. The van der Waals surface area contributed by atoms with Crippen LogP contribution in [0, 0.1) is 0 Å². The SMILES string of the molecule is COc1ccc(C(C)(C(=O)N(C)C)n2cnc(NC(O)[C@@H](CCCc3ccccc3)NC(=O)C(C)(C)N)c2)cc1. The van der Waals surface area contributed by atoms with Crippen LogP contribution in [0.25, 0.3) is 0 Å². The first kappa shape index (κ1) is 30.6. The van der Waals surface area contributed by atoms with Crippen LogP contribution in [0.4, 0.5) is 5.82 Å². The Morgan fingerprint density at radius 1 is 1.10 bits per heavy atom. The summed E-state index contributed by atoms with van der Waals surface area (Å²) in [5.41, 5.74) is 5.71. The highest BCUT2D eigenvalue weighted by atomic mass is 16.5. The number of benzene rings is 2. The number of nitrogens with zero attached hydrogens (tertiary/aromatic N) is 3. The van der Waals surface area contributed by atoms with E-state index in [4.69, 9.17) is 10.5 Å². The van der Waals surface area contributed by atoms with Gasteiger partial charge in [0.1, 0.15) is 23.3 Å². The molecule has 2 unspecified atom stereocenters. The highest BCUT2D eigenvalue weighted by molar-refractivity contribution is 5.87. The molecule has 2 amide bonds. The molecular formula is C30H42N6O4. The van der Waals surface area contributed by atoms with E-state index in [1.807, 2.05) is 49.4 Å². The fourth-order valence-corrected chi connectivity index (χ4v) is 4.46. The smallest absolute Gasteiger partial charge is 0.252 e. The normalized spacial score (nSPS) is 14.5. The number of aryl methyl sites for hydroxylation is 1. The van der Waals surface area contributed by atoms with Crippen molar-refractivity contribution in [2.45, 2.75) is 63.4 Å². The maximum absolute atomic E-state index is 13.4. The molecule has 10 nitrogen and oxygen atoms in total. The molecule has 3 atom stereocenters. The van der Waals surface area contributed by atoms with Gasteiger partial charge in [0.05, 0.1) is 25.0 Å². The van der Waals surface area contributed by atoms with Crippen LogP contribution in [0.2, 0.25) is 0 Å². The van der Waals surface area contributed by atoms with E-state index in [1.165, 1.54) is 10.5 Å². The molecule has 0 saturated heterocycles. The van der Waals surface area contributed by atoms with Crippen LogP contribution in [-0.4, -0.2) is 70.4 Å². The summed E-state index contributed by atoms with van der Waals surface area (Å²) in [6.07, 6.45) is 4.11. The molecule has 10 heteroatoms. The van der Waals surface area contributed by atoms with Crippen LogP contribution >= 0.6 is 0 Å². The van der Waals surface area contributed by atoms with E-state index in [2.05, 4.69) is 15.6 Å². The van der Waals surface area contributed by atoms with Crippen molar-refractivity contribution in [1.29, 1.82) is 0 Å². The Balaban J connectivity index is 1.82. The number of rotatable bonds is 13. The fourth-order valence-electron chi connectivity index (χ4n) is 4.46. The molecule has 0 bridgehead atoms. The number of amides is 2. The van der Waals surface area contributed by atoms with Crippen LogP contribution < -0.4 is 21.1 Å². The van der Waals surface area contributed by atoms with Gasteiger partial charge in [-0.1, -0.05) is 42.5 Å². The lowest BCUT2D eigenvalue weighted by Gasteiger charge is -2.33. The number of anilines is 1. The minimum atomic E-state index is -1.15. The molecule has 1 heterocycles. The second-order valence-corrected chi connectivity index (χ2v) is 10.9. The van der Waals surface area contributed by atoms with Gasteiger partial charge in [0.25, 0.3) is 5.91 Å². The largest absolute Gasteiger partial charge is 0.497 e. The Bertz CT molecular complexity index is 1250. The summed E-state index contributed by atoms with van der Waals surface area (Å²) in [5, 5.41) is 17.0. The number of ether oxygens (including phenoxy) is 1. The van der Waals surface area contributed by atoms with Gasteiger partial charge in [-0.3, -0.25) is 9.59 Å². The summed E-state index contributed by atoms with van der Waals surface area (Å²) in [7, 11) is 4.99. The Kier molecular flexibility index (Phi) is 9.94. The van der Waals surface area contributed by atoms with Crippen molar-refractivity contribution >= 4 is 17.6 Å². The van der Waals surface area contributed by atoms with Crippen LogP contribution in [0.15, 0.2) is 67.1 Å². The van der Waals surface area contributed by atoms with Crippen molar-refractivity contribution in [1.82, 2.24) is 19.8 Å². The highest BCUT2D eigenvalue weighted by Gasteiger charge is 2.39. The van der Waals surface area contributed by atoms with E-state index >= 15 is 0 Å². The average Bonchev–Trinajstić information content (AvgIpc) is 3.40. The van der Waals surface area contributed by atoms with Gasteiger partial charge in [0.15, 0.2) is 0 Å². The Morgan fingerprint density at radius 2 is 1.75 bits per heavy atom. The summed E-state index contributed by atoms with van der Waals surface area (Å²) in [5.74, 6) is 0.513. The summed E-state index contributed by atoms with van der Waals surface area (Å²) in [6.45, 7) is 5.05. The monoisotopic (exact) mass is 550 g/mol. The number of methoxy groups -OCH3 is 1. The number of carbonyl (C=O) groups excluding carboxylic acids is 2. The van der Waals surface area contributed by atoms with Crippen molar-refractivity contribution in [2.24, 2.45) is 5.73 Å². The molecule has 2 aromatic carbocycles. The fraction of sp³-hybridized carbons (Fsp3) is 0.433. The molecule has 40 heavy (non-hydrogen) atoms. The van der Waals surface area contributed by atoms with Crippen LogP contribution in [0.3, 0.4) is 0 Å². The van der Waals surface area contributed by atoms with E-state index in [1.54, 1.807) is 64.3 Å². The molecule has 0 aliphatic heterocycles. The Hall–Kier alpha value is -3.89. The molecular weight excluding hydrogens is 508 g/mol. The Labute approximate surface area is 236 Å². The van der Waals surface area contributed by atoms with E-state index in [-0.39, 0.29) is 11.8 Å². The molecule has 5 N–H and O–H groups in total. The number of carbonyl (C=O) groups is 2. The number of nitrogens with two attached hydrogens (primary N) is 1. The molecule has 3 aromatic rings. The summed E-state index contributed by atoms with van der Waals surface area (Å²) < 4.78 is 6.98. The molecule has 216 valence electrons. The number of hydrogen-bond acceptors (Lipinski definition) is 7. The van der Waals surface area contributed by atoms with Crippen molar-refractivity contribution < 1.29 is 19.4 Å². The standard InChI is InChI=1S/C30H42N6O4/c1-29(2,31)27(38)33-24(14-10-13-21-11-8-7-9-12-21)26(37)34-25-19-36(20-32-25)30(3,28(39)35(4)5)22-15-17-23(40-6)18-16-22/h7-9,11-12,15-20,24,26,34,37H,10,13-14,31H2,1-6H3,(H,33,38)/t24-,26?,30?/m1/s1. The zero-order valence-electron chi connectivity index (χ0n) is 24.2. The second kappa shape index (κ2) is 13.0. The zero-order chi connectivity index (χ0) is 29.5. The number of imidazole rings is 1. The number of aliphatic hydroxyl groups is 1. The maximum Gasteiger partial charge on any atom is 0.252 e. The third-order valence-electron chi connectivity index (χ3n) is 6.98. The third kappa shape index (κ3) is 7.40. The number of nitrogens with one attached hydrogen (secondary N) is 2. The predicted octanol–water partition coefficient (Wildman–Crippen LogP) is 2.72. The van der Waals surface area contributed by atoms with Gasteiger partial charge < -0.3 is 35.7 Å². The van der Waals surface area contributed by atoms with E-state index in [0.717, 1.165) is 18.4 Å². The number of likely N-dealkylation sites (N-methyl/N-ethyl adjacent to an activating group) is 1. The average molecular weight is 551 g/mol. The highest BCUT2D eigenvalue weighted by Crippen LogP contribution is 2.30. The van der Waals surface area contributed by atoms with Gasteiger partial charge in [-0.15, -0.1) is 0 Å². The van der Waals surface area contributed by atoms with Crippen LogP contribution in [0.5, 0.6) is 5.75 Å². The predicted molar refractivity (Wildman–Crippen MR) is 156 cm³/mol. The lowest BCUT2D eigenvalue weighted by atomic mass is 9.90. The summed E-state index contributed by atoms with van der Waals surface area (Å²) in [6, 6.07) is 16.7. The molecule has 1 aromatic heterocycles. The van der Waals surface area contributed by atoms with Gasteiger partial charge in [0, 0.05) is 20.3 Å². The molecule has 3 rings (SSSR count). The zero-order valence-corrected chi connectivity index (χ0v) is 24.2. The molecule has 0 aliphatic rings. The van der Waals surface area contributed by atoms with Gasteiger partial charge in [0.2, 0.25) is 5.91 Å². The number of aromatic nitrogens is 2. The van der Waals surface area contributed by atoms with Crippen molar-refractivity contribution in [3.05, 3.63) is 78.2 Å². The van der Waals surface area contributed by atoms with Gasteiger partial charge in [-0.2, -0.15) is 0 Å². The third-order valence-corrected chi connectivity index (χ3v) is 6.98. The molecule has 0 spiro atoms. The topological polar surface area (TPSA) is 135 Å². The first-order valence-electron chi connectivity index (χ1n) is 13.4.